The lowest BCUT2D eigenvalue weighted by Crippen LogP contribution is -2.54. The number of aliphatic carboxylic acids is 1. The van der Waals surface area contributed by atoms with Gasteiger partial charge in [-0.15, -0.1) is 0 Å². The molecule has 0 radical (unpaired) electrons. The maximum atomic E-state index is 12.8. The van der Waals surface area contributed by atoms with Gasteiger partial charge in [0.1, 0.15) is 6.04 Å². The molecule has 2 saturated heterocycles. The van der Waals surface area contributed by atoms with Crippen LogP contribution in [0.25, 0.3) is 0 Å². The highest BCUT2D eigenvalue weighted by molar-refractivity contribution is 5.88. The van der Waals surface area contributed by atoms with Gasteiger partial charge in [0.25, 0.3) is 0 Å². The molecule has 4 atom stereocenters. The Bertz CT molecular complexity index is 393. The Hall–Kier alpha value is -1.10. The van der Waals surface area contributed by atoms with Crippen LogP contribution in [0.5, 0.6) is 0 Å². The van der Waals surface area contributed by atoms with Crippen LogP contribution in [-0.4, -0.2) is 46.6 Å². The zero-order chi connectivity index (χ0) is 14.1. The van der Waals surface area contributed by atoms with E-state index in [0.29, 0.717) is 12.3 Å². The zero-order valence-corrected chi connectivity index (χ0v) is 11.9. The fraction of sp³-hybridized carbons (Fsp3) is 0.867. The third-order valence-corrected chi connectivity index (χ3v) is 5.24. The average Bonchev–Trinajstić information content (AvgIpc) is 2.87. The Morgan fingerprint density at radius 3 is 2.50 bits per heavy atom. The van der Waals surface area contributed by atoms with Crippen molar-refractivity contribution in [1.29, 1.82) is 0 Å². The maximum Gasteiger partial charge on any atom is 0.326 e. The van der Waals surface area contributed by atoms with E-state index in [1.54, 1.807) is 4.90 Å². The number of carboxylic acids is 1. The van der Waals surface area contributed by atoms with E-state index in [0.717, 1.165) is 45.1 Å². The van der Waals surface area contributed by atoms with Gasteiger partial charge in [0.05, 0.1) is 6.04 Å². The van der Waals surface area contributed by atoms with Crippen LogP contribution in [-0.2, 0) is 9.59 Å². The number of amides is 1. The van der Waals surface area contributed by atoms with Crippen molar-refractivity contribution in [2.24, 2.45) is 5.92 Å². The van der Waals surface area contributed by atoms with E-state index in [1.807, 2.05) is 0 Å². The van der Waals surface area contributed by atoms with Crippen LogP contribution in [0.4, 0.5) is 0 Å². The molecule has 0 aromatic rings. The summed E-state index contributed by atoms with van der Waals surface area (Å²) in [7, 11) is 0. The van der Waals surface area contributed by atoms with Gasteiger partial charge < -0.3 is 15.3 Å². The number of fused-ring (bicyclic) bond motifs is 1. The summed E-state index contributed by atoms with van der Waals surface area (Å²) in [5.41, 5.74) is 0. The van der Waals surface area contributed by atoms with E-state index in [-0.39, 0.29) is 18.0 Å². The van der Waals surface area contributed by atoms with Crippen molar-refractivity contribution in [2.45, 2.75) is 69.5 Å². The number of hydrogen-bond donors (Lipinski definition) is 2. The van der Waals surface area contributed by atoms with E-state index in [4.69, 9.17) is 0 Å². The molecule has 1 aliphatic carbocycles. The van der Waals surface area contributed by atoms with Crippen molar-refractivity contribution in [3.8, 4) is 0 Å². The fourth-order valence-electron chi connectivity index (χ4n) is 4.24. The van der Waals surface area contributed by atoms with Gasteiger partial charge in [-0.2, -0.15) is 0 Å². The molecule has 3 fully saturated rings. The molecule has 2 aliphatic heterocycles. The molecule has 0 bridgehead atoms. The minimum absolute atomic E-state index is 0.0338. The Balaban J connectivity index is 1.79. The molecular weight excluding hydrogens is 256 g/mol. The van der Waals surface area contributed by atoms with Gasteiger partial charge in [0.2, 0.25) is 5.91 Å². The maximum absolute atomic E-state index is 12.8. The van der Waals surface area contributed by atoms with Crippen LogP contribution in [0, 0.1) is 5.92 Å². The fourth-order valence-corrected chi connectivity index (χ4v) is 4.24. The quantitative estimate of drug-likeness (QED) is 0.801. The Morgan fingerprint density at radius 1 is 1.05 bits per heavy atom. The summed E-state index contributed by atoms with van der Waals surface area (Å²) in [6.07, 6.45) is 8.02. The van der Waals surface area contributed by atoms with Gasteiger partial charge in [0, 0.05) is 6.04 Å². The standard InChI is InChI=1S/C15H24N2O3/c18-14(11-6-3-4-8-16-11)17-12-7-2-1-5-10(12)9-13(17)15(19)20/h10-13,16H,1-9H2,(H,19,20). The highest BCUT2D eigenvalue weighted by Crippen LogP contribution is 2.40. The minimum atomic E-state index is -0.830. The van der Waals surface area contributed by atoms with Crippen LogP contribution < -0.4 is 5.32 Å². The van der Waals surface area contributed by atoms with Crippen LogP contribution in [0.1, 0.15) is 51.4 Å². The normalized spacial score (nSPS) is 37.5. The molecule has 2 N–H and O–H groups in total. The smallest absolute Gasteiger partial charge is 0.326 e. The van der Waals surface area contributed by atoms with E-state index in [2.05, 4.69) is 5.32 Å². The first-order valence-electron chi connectivity index (χ1n) is 7.97. The second kappa shape index (κ2) is 5.72. The summed E-state index contributed by atoms with van der Waals surface area (Å²) in [5.74, 6) is -0.396. The minimum Gasteiger partial charge on any atom is -0.480 e. The molecular formula is C15H24N2O3. The highest BCUT2D eigenvalue weighted by atomic mass is 16.4. The Morgan fingerprint density at radius 2 is 1.80 bits per heavy atom. The summed E-state index contributed by atoms with van der Waals surface area (Å²) >= 11 is 0. The zero-order valence-electron chi connectivity index (χ0n) is 11.9. The lowest BCUT2D eigenvalue weighted by Gasteiger charge is -2.36. The van der Waals surface area contributed by atoms with Crippen molar-refractivity contribution in [3.05, 3.63) is 0 Å². The molecule has 5 heteroatoms. The number of nitrogens with zero attached hydrogens (tertiary/aromatic N) is 1. The van der Waals surface area contributed by atoms with Crippen LogP contribution in [0.15, 0.2) is 0 Å². The van der Waals surface area contributed by atoms with E-state index < -0.39 is 12.0 Å². The number of rotatable bonds is 2. The number of hydrogen-bond acceptors (Lipinski definition) is 3. The van der Waals surface area contributed by atoms with E-state index >= 15 is 0 Å². The first-order valence-corrected chi connectivity index (χ1v) is 7.97. The van der Waals surface area contributed by atoms with Crippen molar-refractivity contribution < 1.29 is 14.7 Å². The number of carbonyl (C=O) groups is 2. The van der Waals surface area contributed by atoms with Gasteiger partial charge in [-0.25, -0.2) is 4.79 Å². The first kappa shape index (κ1) is 13.9. The van der Waals surface area contributed by atoms with Crippen molar-refractivity contribution >= 4 is 11.9 Å². The van der Waals surface area contributed by atoms with Gasteiger partial charge in [-0.3, -0.25) is 4.79 Å². The molecule has 5 nitrogen and oxygen atoms in total. The molecule has 1 amide bonds. The Labute approximate surface area is 119 Å². The van der Waals surface area contributed by atoms with Crippen LogP contribution >= 0.6 is 0 Å². The third kappa shape index (κ3) is 2.43. The number of carbonyl (C=O) groups excluding carboxylic acids is 1. The molecule has 0 aromatic carbocycles. The van der Waals surface area contributed by atoms with Gasteiger partial charge in [0.15, 0.2) is 0 Å². The predicted molar refractivity (Wildman–Crippen MR) is 74.3 cm³/mol. The molecule has 4 unspecified atom stereocenters. The summed E-state index contributed by atoms with van der Waals surface area (Å²) in [6, 6.07) is -0.591. The topological polar surface area (TPSA) is 69.6 Å². The summed E-state index contributed by atoms with van der Waals surface area (Å²) in [4.78, 5) is 26.0. The van der Waals surface area contributed by atoms with Gasteiger partial charge in [-0.05, 0) is 44.6 Å². The second-order valence-corrected chi connectivity index (χ2v) is 6.45. The molecule has 1 saturated carbocycles. The second-order valence-electron chi connectivity index (χ2n) is 6.45. The monoisotopic (exact) mass is 280 g/mol. The van der Waals surface area contributed by atoms with Gasteiger partial charge in [-0.1, -0.05) is 19.3 Å². The summed E-state index contributed by atoms with van der Waals surface area (Å²) in [5, 5.41) is 12.7. The molecule has 3 rings (SSSR count). The summed E-state index contributed by atoms with van der Waals surface area (Å²) < 4.78 is 0. The SMILES string of the molecule is O=C(O)C1CC2CCCCC2N1C(=O)C1CCCCN1. The average molecular weight is 280 g/mol. The largest absolute Gasteiger partial charge is 0.480 e. The van der Waals surface area contributed by atoms with Crippen molar-refractivity contribution in [1.82, 2.24) is 10.2 Å². The molecule has 0 aromatic heterocycles. The first-order chi connectivity index (χ1) is 9.68. The molecule has 2 heterocycles. The van der Waals surface area contributed by atoms with Crippen molar-refractivity contribution in [3.63, 3.8) is 0 Å². The Kier molecular flexibility index (Phi) is 3.96. The van der Waals surface area contributed by atoms with Crippen LogP contribution in [0.3, 0.4) is 0 Å². The van der Waals surface area contributed by atoms with E-state index in [9.17, 15) is 14.7 Å². The third-order valence-electron chi connectivity index (χ3n) is 5.24. The number of likely N-dealkylation sites (tertiary alicyclic amines) is 1. The number of nitrogens with one attached hydrogen (secondary N) is 1. The number of piperidine rings is 1. The van der Waals surface area contributed by atoms with Crippen molar-refractivity contribution in [2.75, 3.05) is 6.54 Å². The highest BCUT2D eigenvalue weighted by Gasteiger charge is 2.48. The predicted octanol–water partition coefficient (Wildman–Crippen LogP) is 1.37. The van der Waals surface area contributed by atoms with Crippen LogP contribution in [0.2, 0.25) is 0 Å². The lowest BCUT2D eigenvalue weighted by molar-refractivity contribution is -0.151. The lowest BCUT2D eigenvalue weighted by atomic mass is 9.84. The summed E-state index contributed by atoms with van der Waals surface area (Å²) in [6.45, 7) is 0.871. The molecule has 3 aliphatic rings. The van der Waals surface area contributed by atoms with Gasteiger partial charge >= 0.3 is 5.97 Å². The number of carboxylic acid groups (broad SMARTS) is 1. The molecule has 112 valence electrons. The van der Waals surface area contributed by atoms with E-state index in [1.165, 1.54) is 6.42 Å². The molecule has 0 spiro atoms. The molecule has 20 heavy (non-hydrogen) atoms.